The molecule has 2 heterocycles. The molecular formula is C47H64Cl2N2O15S2. The summed E-state index contributed by atoms with van der Waals surface area (Å²) in [5.74, 6) is -1.80. The molecule has 378 valence electrons. The predicted molar refractivity (Wildman–Crippen MR) is 255 cm³/mol. The molecule has 2 aromatic rings. The maximum Gasteiger partial charge on any atom is 0.413 e. The van der Waals surface area contributed by atoms with Gasteiger partial charge in [-0.3, -0.25) is 29.0 Å². The molecular weight excluding hydrogens is 968 g/mol. The van der Waals surface area contributed by atoms with Gasteiger partial charge < -0.3 is 33.5 Å². The normalized spacial score (nSPS) is 22.4. The van der Waals surface area contributed by atoms with Crippen LogP contribution in [-0.4, -0.2) is 142 Å². The van der Waals surface area contributed by atoms with Gasteiger partial charge in [0.1, 0.15) is 16.8 Å². The lowest BCUT2D eigenvalue weighted by molar-refractivity contribution is -0.165. The topological polar surface area (TPSA) is 219 Å². The van der Waals surface area contributed by atoms with Gasteiger partial charge in [0.2, 0.25) is 12.6 Å². The molecule has 17 nitrogen and oxygen atoms in total. The molecule has 21 heteroatoms. The van der Waals surface area contributed by atoms with Crippen molar-refractivity contribution in [3.8, 4) is 0 Å². The van der Waals surface area contributed by atoms with Gasteiger partial charge in [0, 0.05) is 85.6 Å². The Bertz CT molecular complexity index is 2220. The first-order valence-corrected chi connectivity index (χ1v) is 26.0. The number of ether oxygens (including phenoxy) is 6. The maximum atomic E-state index is 13.1. The summed E-state index contributed by atoms with van der Waals surface area (Å²) in [5, 5.41) is 7.78. The molecule has 0 aromatic heterocycles. The van der Waals surface area contributed by atoms with E-state index in [1.165, 1.54) is 49.5 Å². The summed E-state index contributed by atoms with van der Waals surface area (Å²) in [6.07, 6.45) is 0.358. The molecule has 2 saturated carbocycles. The number of esters is 2. The summed E-state index contributed by atoms with van der Waals surface area (Å²) in [7, 11) is 0.239. The van der Waals surface area contributed by atoms with E-state index >= 15 is 0 Å². The number of carbonyl (C=O) groups excluding carboxylic acids is 6. The van der Waals surface area contributed by atoms with E-state index in [2.05, 4.69) is 6.92 Å². The van der Waals surface area contributed by atoms with Gasteiger partial charge in [0.15, 0.2) is 21.4 Å². The zero-order valence-corrected chi connectivity index (χ0v) is 42.9. The van der Waals surface area contributed by atoms with Crippen molar-refractivity contribution in [2.45, 2.75) is 103 Å². The molecule has 4 aliphatic rings. The summed E-state index contributed by atoms with van der Waals surface area (Å²) in [5.41, 5.74) is -1.83. The van der Waals surface area contributed by atoms with Crippen LogP contribution in [0.2, 0.25) is 10.0 Å². The number of aliphatic hydroxyl groups is 1. The SMILES string of the molecule is CC(OC(=O)CS(=O)(=O)CC1(C)COC1)OC(=O)N(C)[C@]1(c2ccccc2Cl)CCCCC1=O.CC(OC(=O)CSCC1(C)COC1)OC(=O)N(C)[C@]1(c2ccccc2Cl)CCCCC1=O.CO. The largest absolute Gasteiger partial charge is 0.425 e. The van der Waals surface area contributed by atoms with Crippen molar-refractivity contribution >= 4 is 80.5 Å². The minimum absolute atomic E-state index is 0.0779. The standard InChI is InChI=1S/C23H30ClNO8S.C23H30ClNO6S.CH4O/c1-16(32-20(27)12-34(29,30)15-22(2)13-31-14-22)33-21(28)25(3)23(11-7-6-10-19(23)26)17-8-4-5-9-18(17)24;1-16(30-20(27)12-32-15-22(2)13-29-14-22)31-21(28)25(3)23(11-7-6-10-19(23)26)17-8-4-5-9-18(17)24;1-2/h4-5,8-9,16H,6-7,10-15H2,1-3H3;4-5,8-9,16H,6-7,10-15H2,1-3H3;2H,1H3/t2*16?,23-;/m00./s1. The van der Waals surface area contributed by atoms with Crippen molar-refractivity contribution in [3.63, 3.8) is 0 Å². The average Bonchev–Trinajstić information content (AvgIpc) is 3.26. The molecule has 2 aliphatic carbocycles. The number of halogens is 2. The molecule has 4 fully saturated rings. The molecule has 4 atom stereocenters. The van der Waals surface area contributed by atoms with Crippen molar-refractivity contribution in [3.05, 3.63) is 69.7 Å². The van der Waals surface area contributed by atoms with Gasteiger partial charge in [-0.15, -0.1) is 11.8 Å². The fourth-order valence-corrected chi connectivity index (χ4v) is 12.0. The number of amides is 2. The van der Waals surface area contributed by atoms with E-state index in [0.717, 1.165) is 25.7 Å². The van der Waals surface area contributed by atoms with Crippen LogP contribution in [0, 0.1) is 10.8 Å². The lowest BCUT2D eigenvalue weighted by Gasteiger charge is -2.43. The van der Waals surface area contributed by atoms with Gasteiger partial charge in [-0.05, 0) is 50.7 Å². The third-order valence-electron chi connectivity index (χ3n) is 12.1. The summed E-state index contributed by atoms with van der Waals surface area (Å²) in [6.45, 7) is 8.68. The number of hydrogen-bond donors (Lipinski definition) is 1. The number of ketones is 2. The minimum Gasteiger partial charge on any atom is -0.425 e. The van der Waals surface area contributed by atoms with Crippen molar-refractivity contribution < 1.29 is 70.7 Å². The molecule has 0 spiro atoms. The zero-order chi connectivity index (χ0) is 50.5. The first-order valence-electron chi connectivity index (χ1n) is 22.3. The van der Waals surface area contributed by atoms with Gasteiger partial charge in [-0.25, -0.2) is 18.0 Å². The summed E-state index contributed by atoms with van der Waals surface area (Å²) < 4.78 is 55.8. The number of hydrogen-bond acceptors (Lipinski definition) is 16. The second kappa shape index (κ2) is 24.7. The number of sulfone groups is 1. The summed E-state index contributed by atoms with van der Waals surface area (Å²) in [4.78, 5) is 78.9. The quantitative estimate of drug-likeness (QED) is 0.131. The van der Waals surface area contributed by atoms with Crippen LogP contribution < -0.4 is 0 Å². The van der Waals surface area contributed by atoms with Crippen LogP contribution in [0.3, 0.4) is 0 Å². The first-order chi connectivity index (χ1) is 32.1. The average molecular weight is 1030 g/mol. The number of likely N-dealkylation sites (N-methyl/N-ethyl adjacent to an activating group) is 2. The van der Waals surface area contributed by atoms with Gasteiger partial charge in [0.25, 0.3) is 0 Å². The van der Waals surface area contributed by atoms with E-state index in [4.69, 9.17) is 56.7 Å². The highest BCUT2D eigenvalue weighted by atomic mass is 35.5. The van der Waals surface area contributed by atoms with Crippen LogP contribution in [0.15, 0.2) is 48.5 Å². The Kier molecular flexibility index (Phi) is 20.6. The number of carbonyl (C=O) groups is 6. The minimum atomic E-state index is -3.73. The molecule has 6 rings (SSSR count). The highest BCUT2D eigenvalue weighted by Crippen LogP contribution is 2.44. The first kappa shape index (κ1) is 56.6. The molecule has 1 N–H and O–H groups in total. The van der Waals surface area contributed by atoms with Crippen molar-refractivity contribution in [2.75, 3.05) is 70.6 Å². The molecule has 2 saturated heterocycles. The van der Waals surface area contributed by atoms with E-state index < -0.39 is 68.8 Å². The Morgan fingerprint density at radius 1 is 0.691 bits per heavy atom. The molecule has 2 amide bonds. The summed E-state index contributed by atoms with van der Waals surface area (Å²) in [6, 6.07) is 13.9. The van der Waals surface area contributed by atoms with E-state index in [9.17, 15) is 37.2 Å². The van der Waals surface area contributed by atoms with Crippen LogP contribution in [0.5, 0.6) is 0 Å². The Morgan fingerprint density at radius 3 is 1.49 bits per heavy atom. The number of aliphatic hydroxyl groups excluding tert-OH is 1. The second-order valence-electron chi connectivity index (χ2n) is 18.1. The van der Waals surface area contributed by atoms with Crippen LogP contribution >= 0.6 is 35.0 Å². The number of Topliss-reactive ketones (excluding diaryl/α,β-unsaturated/α-hetero) is 2. The fraction of sp³-hybridized carbons (Fsp3) is 0.617. The lowest BCUT2D eigenvalue weighted by atomic mass is 9.74. The maximum absolute atomic E-state index is 13.1. The van der Waals surface area contributed by atoms with E-state index in [0.29, 0.717) is 79.7 Å². The number of rotatable bonds is 16. The van der Waals surface area contributed by atoms with E-state index in [-0.39, 0.29) is 34.9 Å². The molecule has 2 aliphatic heterocycles. The Hall–Kier alpha value is -3.98. The fourth-order valence-electron chi connectivity index (χ4n) is 8.71. The van der Waals surface area contributed by atoms with Crippen LogP contribution in [0.1, 0.15) is 90.2 Å². The highest BCUT2D eigenvalue weighted by molar-refractivity contribution is 7.99. The Morgan fingerprint density at radius 2 is 1.10 bits per heavy atom. The highest BCUT2D eigenvalue weighted by Gasteiger charge is 2.50. The zero-order valence-electron chi connectivity index (χ0n) is 39.7. The number of thioether (sulfide) groups is 1. The predicted octanol–water partition coefficient (Wildman–Crippen LogP) is 7.10. The molecule has 68 heavy (non-hydrogen) atoms. The van der Waals surface area contributed by atoms with Gasteiger partial charge in [-0.1, -0.05) is 73.4 Å². The van der Waals surface area contributed by atoms with Crippen molar-refractivity contribution in [2.24, 2.45) is 10.8 Å². The lowest BCUT2D eigenvalue weighted by Crippen LogP contribution is -2.54. The number of nitrogens with zero attached hydrogens (tertiary/aromatic N) is 2. The third kappa shape index (κ3) is 14.1. The van der Waals surface area contributed by atoms with Gasteiger partial charge >= 0.3 is 24.1 Å². The molecule has 2 unspecified atom stereocenters. The Labute approximate surface area is 413 Å². The molecule has 0 radical (unpaired) electrons. The Balaban J connectivity index is 0.000000287. The molecule has 0 bridgehead atoms. The second-order valence-corrected chi connectivity index (χ2v) is 21.9. The van der Waals surface area contributed by atoms with Crippen molar-refractivity contribution in [1.29, 1.82) is 0 Å². The third-order valence-corrected chi connectivity index (χ3v) is 16.0. The van der Waals surface area contributed by atoms with Gasteiger partial charge in [0.05, 0.1) is 37.9 Å². The number of benzene rings is 2. The van der Waals surface area contributed by atoms with Crippen LogP contribution in [-0.2, 0) is 68.5 Å². The van der Waals surface area contributed by atoms with E-state index in [1.807, 2.05) is 0 Å². The monoisotopic (exact) mass is 1030 g/mol. The van der Waals surface area contributed by atoms with E-state index in [1.54, 1.807) is 55.5 Å². The summed E-state index contributed by atoms with van der Waals surface area (Å²) >= 11 is 14.3. The van der Waals surface area contributed by atoms with Crippen molar-refractivity contribution in [1.82, 2.24) is 9.80 Å². The molecule has 2 aromatic carbocycles. The van der Waals surface area contributed by atoms with Gasteiger partial charge in [-0.2, -0.15) is 0 Å². The smallest absolute Gasteiger partial charge is 0.413 e. The van der Waals surface area contributed by atoms with Crippen LogP contribution in [0.4, 0.5) is 9.59 Å². The van der Waals surface area contributed by atoms with Crippen LogP contribution in [0.25, 0.3) is 0 Å².